The molecule has 0 saturated carbocycles. The predicted octanol–water partition coefficient (Wildman–Crippen LogP) is 4.00. The molecule has 1 fully saturated rings. The number of carbonyl (C=O) groups is 1. The SMILES string of the molecule is O=C(Cc1ccccc1Cl)N(CCN1CCOCC1)c1nc2ccc(F)cc2s1. The van der Waals surface area contributed by atoms with Crippen LogP contribution in [0.5, 0.6) is 0 Å². The van der Waals surface area contributed by atoms with E-state index in [9.17, 15) is 9.18 Å². The molecule has 1 aliphatic heterocycles. The summed E-state index contributed by atoms with van der Waals surface area (Å²) in [5.41, 5.74) is 1.47. The molecule has 1 aromatic heterocycles. The Bertz CT molecular complexity index is 1010. The summed E-state index contributed by atoms with van der Waals surface area (Å²) in [7, 11) is 0. The van der Waals surface area contributed by atoms with E-state index < -0.39 is 0 Å². The van der Waals surface area contributed by atoms with Crippen LogP contribution in [0.4, 0.5) is 9.52 Å². The van der Waals surface area contributed by atoms with Crippen molar-refractivity contribution in [2.24, 2.45) is 0 Å². The van der Waals surface area contributed by atoms with Crippen LogP contribution in [-0.4, -0.2) is 55.2 Å². The Morgan fingerprint density at radius 2 is 2.03 bits per heavy atom. The van der Waals surface area contributed by atoms with Crippen LogP contribution in [0.3, 0.4) is 0 Å². The fourth-order valence-electron chi connectivity index (χ4n) is 3.30. The number of halogens is 2. The molecule has 0 spiro atoms. The molecule has 0 unspecified atom stereocenters. The van der Waals surface area contributed by atoms with Crippen LogP contribution in [0.1, 0.15) is 5.56 Å². The summed E-state index contributed by atoms with van der Waals surface area (Å²) in [4.78, 5) is 21.7. The number of benzene rings is 2. The van der Waals surface area contributed by atoms with Gasteiger partial charge in [0.25, 0.3) is 0 Å². The number of hydrogen-bond acceptors (Lipinski definition) is 5. The maximum atomic E-state index is 13.6. The molecule has 1 aliphatic rings. The van der Waals surface area contributed by atoms with Crippen molar-refractivity contribution < 1.29 is 13.9 Å². The van der Waals surface area contributed by atoms with Crippen LogP contribution < -0.4 is 4.90 Å². The van der Waals surface area contributed by atoms with E-state index in [1.54, 1.807) is 17.0 Å². The van der Waals surface area contributed by atoms with Crippen LogP contribution in [-0.2, 0) is 16.0 Å². The van der Waals surface area contributed by atoms with Gasteiger partial charge in [0.1, 0.15) is 5.82 Å². The molecule has 152 valence electrons. The lowest BCUT2D eigenvalue weighted by molar-refractivity contribution is -0.118. The first-order valence-corrected chi connectivity index (χ1v) is 10.7. The van der Waals surface area contributed by atoms with E-state index in [4.69, 9.17) is 16.3 Å². The van der Waals surface area contributed by atoms with Gasteiger partial charge in [0.15, 0.2) is 5.13 Å². The molecule has 0 radical (unpaired) electrons. The second kappa shape index (κ2) is 9.17. The first kappa shape index (κ1) is 20.2. The Morgan fingerprint density at radius 3 is 2.83 bits per heavy atom. The highest BCUT2D eigenvalue weighted by molar-refractivity contribution is 7.22. The minimum Gasteiger partial charge on any atom is -0.379 e. The smallest absolute Gasteiger partial charge is 0.233 e. The van der Waals surface area contributed by atoms with E-state index in [0.29, 0.717) is 35.4 Å². The number of ether oxygens (including phenoxy) is 1. The predicted molar refractivity (Wildman–Crippen MR) is 114 cm³/mol. The fraction of sp³-hybridized carbons (Fsp3) is 0.333. The van der Waals surface area contributed by atoms with Crippen molar-refractivity contribution in [2.45, 2.75) is 6.42 Å². The minimum atomic E-state index is -0.310. The van der Waals surface area contributed by atoms with Gasteiger partial charge in [-0.15, -0.1) is 0 Å². The van der Waals surface area contributed by atoms with E-state index in [0.717, 1.165) is 29.9 Å². The van der Waals surface area contributed by atoms with Crippen LogP contribution in [0.2, 0.25) is 5.02 Å². The van der Waals surface area contributed by atoms with Gasteiger partial charge in [-0.1, -0.05) is 41.1 Å². The Balaban J connectivity index is 1.58. The fourth-order valence-corrected chi connectivity index (χ4v) is 4.53. The van der Waals surface area contributed by atoms with Gasteiger partial charge in [-0.2, -0.15) is 0 Å². The lowest BCUT2D eigenvalue weighted by atomic mass is 10.1. The zero-order chi connectivity index (χ0) is 20.2. The van der Waals surface area contributed by atoms with E-state index in [1.165, 1.54) is 23.5 Å². The third kappa shape index (κ3) is 4.93. The summed E-state index contributed by atoms with van der Waals surface area (Å²) in [6, 6.07) is 11.8. The first-order valence-electron chi connectivity index (χ1n) is 9.50. The van der Waals surface area contributed by atoms with E-state index >= 15 is 0 Å². The van der Waals surface area contributed by atoms with Crippen molar-refractivity contribution >= 4 is 44.2 Å². The number of hydrogen-bond donors (Lipinski definition) is 0. The molecule has 4 rings (SSSR count). The molecule has 0 bridgehead atoms. The lowest BCUT2D eigenvalue weighted by Crippen LogP contribution is -2.43. The number of anilines is 1. The van der Waals surface area contributed by atoms with E-state index in [2.05, 4.69) is 9.88 Å². The van der Waals surface area contributed by atoms with Crippen LogP contribution in [0.25, 0.3) is 10.2 Å². The Morgan fingerprint density at radius 1 is 1.24 bits per heavy atom. The molecule has 0 aliphatic carbocycles. The standard InChI is InChI=1S/C21H21ClFN3O2S/c22-17-4-2-1-3-15(17)13-20(27)26(8-7-25-9-11-28-12-10-25)21-24-18-6-5-16(23)14-19(18)29-21/h1-6,14H,7-13H2. The average Bonchev–Trinajstić information content (AvgIpc) is 3.13. The Kier molecular flexibility index (Phi) is 6.40. The maximum Gasteiger partial charge on any atom is 0.233 e. The number of thiazole rings is 1. The highest BCUT2D eigenvalue weighted by Crippen LogP contribution is 2.30. The van der Waals surface area contributed by atoms with E-state index in [-0.39, 0.29) is 18.1 Å². The molecule has 5 nitrogen and oxygen atoms in total. The van der Waals surface area contributed by atoms with Crippen molar-refractivity contribution in [3.8, 4) is 0 Å². The van der Waals surface area contributed by atoms with Gasteiger partial charge in [0.05, 0.1) is 29.9 Å². The molecule has 2 aromatic carbocycles. The third-order valence-corrected chi connectivity index (χ3v) is 6.32. The summed E-state index contributed by atoms with van der Waals surface area (Å²) < 4.78 is 19.7. The zero-order valence-electron chi connectivity index (χ0n) is 15.8. The summed E-state index contributed by atoms with van der Waals surface area (Å²) in [5.74, 6) is -0.388. The molecule has 8 heteroatoms. The van der Waals surface area contributed by atoms with Crippen LogP contribution in [0, 0.1) is 5.82 Å². The van der Waals surface area contributed by atoms with Crippen molar-refractivity contribution in [1.82, 2.24) is 9.88 Å². The van der Waals surface area contributed by atoms with Gasteiger partial charge in [0.2, 0.25) is 5.91 Å². The Hall–Kier alpha value is -2.06. The topological polar surface area (TPSA) is 45.7 Å². The summed E-state index contributed by atoms with van der Waals surface area (Å²) in [5, 5.41) is 1.15. The van der Waals surface area contributed by atoms with Crippen molar-refractivity contribution in [3.63, 3.8) is 0 Å². The summed E-state index contributed by atoms with van der Waals surface area (Å²) >= 11 is 7.58. The molecule has 2 heterocycles. The van der Waals surface area contributed by atoms with Gasteiger partial charge in [-0.25, -0.2) is 9.37 Å². The van der Waals surface area contributed by atoms with Crippen LogP contribution in [0.15, 0.2) is 42.5 Å². The number of amides is 1. The average molecular weight is 434 g/mol. The third-order valence-electron chi connectivity index (χ3n) is 4.91. The number of nitrogens with zero attached hydrogens (tertiary/aromatic N) is 3. The maximum absolute atomic E-state index is 13.6. The van der Waals surface area contributed by atoms with Gasteiger partial charge in [0, 0.05) is 31.2 Å². The quantitative estimate of drug-likeness (QED) is 0.589. The molecular formula is C21H21ClFN3O2S. The summed E-state index contributed by atoms with van der Waals surface area (Å²) in [6.45, 7) is 4.32. The normalized spacial score (nSPS) is 15.0. The van der Waals surface area contributed by atoms with Crippen molar-refractivity contribution in [1.29, 1.82) is 0 Å². The Labute approximate surface area is 177 Å². The lowest BCUT2D eigenvalue weighted by Gasteiger charge is -2.29. The molecule has 1 saturated heterocycles. The highest BCUT2D eigenvalue weighted by Gasteiger charge is 2.22. The molecule has 3 aromatic rings. The molecular weight excluding hydrogens is 413 g/mol. The largest absolute Gasteiger partial charge is 0.379 e. The monoisotopic (exact) mass is 433 g/mol. The molecule has 29 heavy (non-hydrogen) atoms. The van der Waals surface area contributed by atoms with Crippen molar-refractivity contribution in [2.75, 3.05) is 44.3 Å². The minimum absolute atomic E-state index is 0.0779. The van der Waals surface area contributed by atoms with Crippen molar-refractivity contribution in [3.05, 3.63) is 58.9 Å². The summed E-state index contributed by atoms with van der Waals surface area (Å²) in [6.07, 6.45) is 0.188. The number of fused-ring (bicyclic) bond motifs is 1. The number of morpholine rings is 1. The van der Waals surface area contributed by atoms with Crippen LogP contribution >= 0.6 is 22.9 Å². The van der Waals surface area contributed by atoms with Gasteiger partial charge >= 0.3 is 0 Å². The second-order valence-corrected chi connectivity index (χ2v) is 8.29. The number of carbonyl (C=O) groups excluding carboxylic acids is 1. The van der Waals surface area contributed by atoms with Gasteiger partial charge in [-0.3, -0.25) is 14.6 Å². The molecule has 1 amide bonds. The molecule has 0 N–H and O–H groups in total. The number of rotatable bonds is 6. The number of aromatic nitrogens is 1. The van der Waals surface area contributed by atoms with E-state index in [1.807, 2.05) is 18.2 Å². The zero-order valence-corrected chi connectivity index (χ0v) is 17.4. The highest BCUT2D eigenvalue weighted by atomic mass is 35.5. The second-order valence-electron chi connectivity index (χ2n) is 6.88. The molecule has 0 atom stereocenters. The first-order chi connectivity index (χ1) is 14.1. The van der Waals surface area contributed by atoms with Gasteiger partial charge in [-0.05, 0) is 29.8 Å². The van der Waals surface area contributed by atoms with Gasteiger partial charge < -0.3 is 4.74 Å².